The molecule has 1 fully saturated rings. The minimum Gasteiger partial charge on any atom is -0.360 e. The van der Waals surface area contributed by atoms with Gasteiger partial charge in [0.2, 0.25) is 11.8 Å². The standard InChI is InChI=1S/C20H20N4O3S/c1-13-10-17(23-27-13)22-19(26)16-8-5-9-24(16)18(25)11-15-12-28-20(21-15)14-6-3-2-4-7-14/h2-4,6-7,10,12,16H,5,8-9,11H2,1H3,(H,22,23,26)/t16-/m0/s1. The molecule has 1 aliphatic heterocycles. The van der Waals surface area contributed by atoms with E-state index in [0.29, 0.717) is 24.5 Å². The Labute approximate surface area is 166 Å². The molecule has 2 amide bonds. The number of hydrogen-bond acceptors (Lipinski definition) is 6. The first-order chi connectivity index (χ1) is 13.6. The van der Waals surface area contributed by atoms with E-state index in [9.17, 15) is 9.59 Å². The number of hydrogen-bond donors (Lipinski definition) is 1. The van der Waals surface area contributed by atoms with Crippen LogP contribution in [0.3, 0.4) is 0 Å². The Bertz CT molecular complexity index is 982. The molecule has 0 unspecified atom stereocenters. The van der Waals surface area contributed by atoms with Crippen molar-refractivity contribution in [3.05, 3.63) is 53.2 Å². The summed E-state index contributed by atoms with van der Waals surface area (Å²) < 4.78 is 4.97. The predicted octanol–water partition coefficient (Wildman–Crippen LogP) is 3.28. The minimum absolute atomic E-state index is 0.0844. The smallest absolute Gasteiger partial charge is 0.248 e. The van der Waals surface area contributed by atoms with E-state index in [-0.39, 0.29) is 18.2 Å². The normalized spacial score (nSPS) is 16.3. The molecule has 0 radical (unpaired) electrons. The monoisotopic (exact) mass is 396 g/mol. The van der Waals surface area contributed by atoms with Crippen LogP contribution in [0.1, 0.15) is 24.3 Å². The van der Waals surface area contributed by atoms with E-state index in [4.69, 9.17) is 4.52 Å². The van der Waals surface area contributed by atoms with Crippen LogP contribution in [-0.2, 0) is 16.0 Å². The van der Waals surface area contributed by atoms with Gasteiger partial charge in [0.15, 0.2) is 5.82 Å². The highest BCUT2D eigenvalue weighted by Crippen LogP contribution is 2.25. The lowest BCUT2D eigenvalue weighted by atomic mass is 10.2. The molecular formula is C20H20N4O3S. The highest BCUT2D eigenvalue weighted by atomic mass is 32.1. The Balaban J connectivity index is 1.41. The molecular weight excluding hydrogens is 376 g/mol. The second-order valence-electron chi connectivity index (χ2n) is 6.74. The van der Waals surface area contributed by atoms with Crippen LogP contribution in [0.4, 0.5) is 5.82 Å². The molecule has 0 bridgehead atoms. The van der Waals surface area contributed by atoms with Gasteiger partial charge < -0.3 is 14.7 Å². The molecule has 28 heavy (non-hydrogen) atoms. The number of benzene rings is 1. The predicted molar refractivity (Wildman–Crippen MR) is 106 cm³/mol. The number of anilines is 1. The van der Waals surface area contributed by atoms with Crippen molar-refractivity contribution < 1.29 is 14.1 Å². The Kier molecular flexibility index (Phi) is 5.21. The van der Waals surface area contributed by atoms with Gasteiger partial charge >= 0.3 is 0 Å². The first-order valence-corrected chi connectivity index (χ1v) is 10.0. The number of nitrogens with one attached hydrogen (secondary N) is 1. The maximum Gasteiger partial charge on any atom is 0.248 e. The third kappa shape index (κ3) is 3.96. The molecule has 1 atom stereocenters. The van der Waals surface area contributed by atoms with Gasteiger partial charge in [-0.3, -0.25) is 9.59 Å². The molecule has 1 aliphatic rings. The van der Waals surface area contributed by atoms with Gasteiger partial charge in [-0.1, -0.05) is 35.5 Å². The van der Waals surface area contributed by atoms with E-state index in [1.807, 2.05) is 35.7 Å². The molecule has 1 aromatic carbocycles. The summed E-state index contributed by atoms with van der Waals surface area (Å²) in [6.07, 6.45) is 1.63. The van der Waals surface area contributed by atoms with Crippen molar-refractivity contribution >= 4 is 29.0 Å². The van der Waals surface area contributed by atoms with Crippen LogP contribution >= 0.6 is 11.3 Å². The molecule has 8 heteroatoms. The van der Waals surface area contributed by atoms with Crippen molar-refractivity contribution in [3.63, 3.8) is 0 Å². The molecule has 3 aromatic rings. The van der Waals surface area contributed by atoms with Gasteiger partial charge in [-0.05, 0) is 19.8 Å². The van der Waals surface area contributed by atoms with Crippen LogP contribution in [-0.4, -0.2) is 39.4 Å². The van der Waals surface area contributed by atoms with E-state index in [1.54, 1.807) is 17.9 Å². The number of amides is 2. The summed E-state index contributed by atoms with van der Waals surface area (Å²) in [6, 6.07) is 11.0. The van der Waals surface area contributed by atoms with Crippen LogP contribution in [0.15, 0.2) is 46.3 Å². The van der Waals surface area contributed by atoms with Crippen molar-refractivity contribution in [1.82, 2.24) is 15.0 Å². The largest absolute Gasteiger partial charge is 0.360 e. The summed E-state index contributed by atoms with van der Waals surface area (Å²) in [5.41, 5.74) is 1.76. The summed E-state index contributed by atoms with van der Waals surface area (Å²) in [7, 11) is 0. The van der Waals surface area contributed by atoms with Gasteiger partial charge in [-0.25, -0.2) is 4.98 Å². The number of likely N-dealkylation sites (tertiary alicyclic amines) is 1. The van der Waals surface area contributed by atoms with Crippen molar-refractivity contribution in [3.8, 4) is 10.6 Å². The van der Waals surface area contributed by atoms with Crippen molar-refractivity contribution in [2.45, 2.75) is 32.2 Å². The van der Waals surface area contributed by atoms with Crippen LogP contribution in [0.25, 0.3) is 10.6 Å². The Morgan fingerprint density at radius 2 is 2.14 bits per heavy atom. The van der Waals surface area contributed by atoms with E-state index in [1.165, 1.54) is 11.3 Å². The van der Waals surface area contributed by atoms with Crippen molar-refractivity contribution in [2.24, 2.45) is 0 Å². The van der Waals surface area contributed by atoms with Gasteiger partial charge in [-0.2, -0.15) is 0 Å². The molecule has 0 spiro atoms. The second-order valence-corrected chi connectivity index (χ2v) is 7.60. The lowest BCUT2D eigenvalue weighted by Crippen LogP contribution is -2.43. The molecule has 0 aliphatic carbocycles. The fraction of sp³-hybridized carbons (Fsp3) is 0.300. The number of carbonyl (C=O) groups excluding carboxylic acids is 2. The highest BCUT2D eigenvalue weighted by Gasteiger charge is 2.34. The summed E-state index contributed by atoms with van der Waals surface area (Å²) in [6.45, 7) is 2.33. The molecule has 2 aromatic heterocycles. The Morgan fingerprint density at radius 3 is 2.89 bits per heavy atom. The molecule has 4 rings (SSSR count). The molecule has 3 heterocycles. The van der Waals surface area contributed by atoms with Crippen LogP contribution in [0.5, 0.6) is 0 Å². The van der Waals surface area contributed by atoms with Gasteiger partial charge in [0.25, 0.3) is 0 Å². The lowest BCUT2D eigenvalue weighted by molar-refractivity contribution is -0.136. The zero-order chi connectivity index (χ0) is 19.5. The van der Waals surface area contributed by atoms with Crippen LogP contribution in [0.2, 0.25) is 0 Å². The fourth-order valence-corrected chi connectivity index (χ4v) is 4.16. The number of rotatable bonds is 5. The quantitative estimate of drug-likeness (QED) is 0.715. The topological polar surface area (TPSA) is 88.3 Å². The second kappa shape index (κ2) is 7.93. The van der Waals surface area contributed by atoms with Gasteiger partial charge in [0, 0.05) is 23.6 Å². The number of carbonyl (C=O) groups is 2. The molecule has 144 valence electrons. The number of nitrogens with zero attached hydrogens (tertiary/aromatic N) is 3. The Morgan fingerprint density at radius 1 is 1.32 bits per heavy atom. The number of aromatic nitrogens is 2. The molecule has 1 saturated heterocycles. The third-order valence-corrected chi connectivity index (χ3v) is 5.60. The first-order valence-electron chi connectivity index (χ1n) is 9.13. The van der Waals surface area contributed by atoms with Crippen molar-refractivity contribution in [1.29, 1.82) is 0 Å². The number of aryl methyl sites for hydroxylation is 1. The minimum atomic E-state index is -0.489. The molecule has 1 N–H and O–H groups in total. The summed E-state index contributed by atoms with van der Waals surface area (Å²) in [4.78, 5) is 31.6. The maximum absolute atomic E-state index is 12.8. The summed E-state index contributed by atoms with van der Waals surface area (Å²) >= 11 is 1.52. The van der Waals surface area contributed by atoms with Crippen LogP contribution in [0, 0.1) is 6.92 Å². The molecule has 0 saturated carbocycles. The first kappa shape index (κ1) is 18.4. The van der Waals surface area contributed by atoms with E-state index >= 15 is 0 Å². The molecule has 7 nitrogen and oxygen atoms in total. The average molecular weight is 396 g/mol. The fourth-order valence-electron chi connectivity index (χ4n) is 3.33. The highest BCUT2D eigenvalue weighted by molar-refractivity contribution is 7.13. The van der Waals surface area contributed by atoms with Gasteiger partial charge in [0.1, 0.15) is 16.8 Å². The summed E-state index contributed by atoms with van der Waals surface area (Å²) in [5, 5.41) is 9.30. The van der Waals surface area contributed by atoms with E-state index in [0.717, 1.165) is 22.7 Å². The number of thiazole rings is 1. The van der Waals surface area contributed by atoms with Crippen LogP contribution < -0.4 is 5.32 Å². The maximum atomic E-state index is 12.8. The van der Waals surface area contributed by atoms with Gasteiger partial charge in [-0.15, -0.1) is 11.3 Å². The summed E-state index contributed by atoms with van der Waals surface area (Å²) in [5.74, 6) is 0.669. The van der Waals surface area contributed by atoms with E-state index in [2.05, 4.69) is 15.5 Å². The third-order valence-electron chi connectivity index (χ3n) is 4.66. The zero-order valence-corrected chi connectivity index (χ0v) is 16.2. The SMILES string of the molecule is Cc1cc(NC(=O)[C@@H]2CCCN2C(=O)Cc2csc(-c3ccccc3)n2)no1. The Hall–Kier alpha value is -3.00. The lowest BCUT2D eigenvalue weighted by Gasteiger charge is -2.23. The zero-order valence-electron chi connectivity index (χ0n) is 15.4. The van der Waals surface area contributed by atoms with Gasteiger partial charge in [0.05, 0.1) is 12.1 Å². The van der Waals surface area contributed by atoms with Crippen molar-refractivity contribution in [2.75, 3.05) is 11.9 Å². The van der Waals surface area contributed by atoms with E-state index < -0.39 is 6.04 Å². The average Bonchev–Trinajstić information content (AvgIpc) is 3.43.